The zero-order valence-corrected chi connectivity index (χ0v) is 28.2. The van der Waals surface area contributed by atoms with Gasteiger partial charge in [-0.3, -0.25) is 4.99 Å². The van der Waals surface area contributed by atoms with Gasteiger partial charge in [-0.05, 0) is 56.1 Å². The number of pyridine rings is 2. The number of dihydropyridines is 1. The summed E-state index contributed by atoms with van der Waals surface area (Å²) in [4.78, 5) is 16.2. The molecule has 0 bridgehead atoms. The van der Waals surface area contributed by atoms with Crippen LogP contribution in [-0.2, 0) is 0 Å². The van der Waals surface area contributed by atoms with E-state index in [4.69, 9.17) is 15.0 Å². The molecule has 0 fully saturated rings. The van der Waals surface area contributed by atoms with Gasteiger partial charge in [0.1, 0.15) is 6.04 Å². The molecule has 3 heteroatoms. The van der Waals surface area contributed by atoms with Gasteiger partial charge in [-0.2, -0.15) is 0 Å². The molecule has 7 aromatic carbocycles. The van der Waals surface area contributed by atoms with E-state index in [1.165, 1.54) is 37.7 Å². The third-order valence-electron chi connectivity index (χ3n) is 11.0. The first-order chi connectivity index (χ1) is 25.8. The maximum Gasteiger partial charge on any atom is 0.103 e. The first-order valence-electron chi connectivity index (χ1n) is 18.0. The Bertz CT molecular complexity index is 3030. The number of allylic oxidation sites excluding steroid dienone is 1. The molecule has 0 spiro atoms. The second kappa shape index (κ2) is 11.4. The van der Waals surface area contributed by atoms with Crippen molar-refractivity contribution in [3.05, 3.63) is 187 Å². The number of aliphatic imine (C=N–C) groups is 1. The summed E-state index contributed by atoms with van der Waals surface area (Å²) < 4.78 is 0. The second-order valence-corrected chi connectivity index (χ2v) is 13.8. The van der Waals surface area contributed by atoms with E-state index in [0.717, 1.165) is 61.3 Å². The highest BCUT2D eigenvalue weighted by Gasteiger charge is 2.30. The fraction of sp³-hybridized carbons (Fsp3) is 0.0408. The summed E-state index contributed by atoms with van der Waals surface area (Å²) >= 11 is 0. The highest BCUT2D eigenvalue weighted by Crippen LogP contribution is 2.45. The third kappa shape index (κ3) is 4.36. The molecule has 0 amide bonds. The van der Waals surface area contributed by atoms with Crippen LogP contribution in [0.3, 0.4) is 0 Å². The monoisotopic (exact) mass is 661 g/mol. The Morgan fingerprint density at radius 1 is 0.423 bits per heavy atom. The number of fused-ring (bicyclic) bond motifs is 12. The van der Waals surface area contributed by atoms with Crippen molar-refractivity contribution in [2.75, 3.05) is 0 Å². The lowest BCUT2D eigenvalue weighted by Crippen LogP contribution is -2.19. The largest absolute Gasteiger partial charge is 0.274 e. The first kappa shape index (κ1) is 29.1. The molecule has 1 aliphatic carbocycles. The van der Waals surface area contributed by atoms with Gasteiger partial charge in [0, 0.05) is 38.8 Å². The van der Waals surface area contributed by atoms with E-state index >= 15 is 0 Å². The molecular formula is C49H31N3. The molecule has 242 valence electrons. The molecule has 11 rings (SSSR count). The Morgan fingerprint density at radius 3 is 1.79 bits per heavy atom. The second-order valence-electron chi connectivity index (χ2n) is 13.8. The van der Waals surface area contributed by atoms with Gasteiger partial charge < -0.3 is 0 Å². The predicted octanol–water partition coefficient (Wildman–Crippen LogP) is 12.3. The van der Waals surface area contributed by atoms with E-state index in [-0.39, 0.29) is 12.0 Å². The molecule has 2 unspecified atom stereocenters. The molecule has 0 radical (unpaired) electrons. The van der Waals surface area contributed by atoms with E-state index in [0.29, 0.717) is 0 Å². The minimum absolute atomic E-state index is 0.0900. The van der Waals surface area contributed by atoms with Gasteiger partial charge in [-0.15, -0.1) is 0 Å². The zero-order valence-electron chi connectivity index (χ0n) is 28.2. The van der Waals surface area contributed by atoms with Crippen LogP contribution in [0.25, 0.3) is 82.6 Å². The van der Waals surface area contributed by atoms with Crippen LogP contribution in [0.2, 0.25) is 0 Å². The zero-order chi connectivity index (χ0) is 34.2. The van der Waals surface area contributed by atoms with Crippen LogP contribution in [0, 0.1) is 5.92 Å². The smallest absolute Gasteiger partial charge is 0.103 e. The van der Waals surface area contributed by atoms with Gasteiger partial charge in [-0.1, -0.05) is 158 Å². The normalized spacial score (nSPS) is 16.4. The molecule has 0 N–H and O–H groups in total. The number of para-hydroxylation sites is 1. The van der Waals surface area contributed by atoms with Gasteiger partial charge in [0.25, 0.3) is 0 Å². The van der Waals surface area contributed by atoms with Crippen LogP contribution in [0.4, 0.5) is 0 Å². The summed E-state index contributed by atoms with van der Waals surface area (Å²) in [6, 6.07) is 54.0. The molecule has 3 nitrogen and oxygen atoms in total. The fourth-order valence-electron chi connectivity index (χ4n) is 8.56. The minimum Gasteiger partial charge on any atom is -0.274 e. The Labute approximate surface area is 301 Å². The number of benzene rings is 7. The quantitative estimate of drug-likeness (QED) is 0.177. The number of nitrogens with zero attached hydrogens (tertiary/aromatic N) is 3. The van der Waals surface area contributed by atoms with Gasteiger partial charge >= 0.3 is 0 Å². The lowest BCUT2D eigenvalue weighted by Gasteiger charge is -2.28. The van der Waals surface area contributed by atoms with Crippen molar-refractivity contribution < 1.29 is 0 Å². The molecule has 2 atom stereocenters. The van der Waals surface area contributed by atoms with E-state index in [2.05, 4.69) is 170 Å². The standard InChI is InChI=1S/C49H31N3/c1-2-12-30(13-3-1)42-28-24-31-22-23-32-25-29-44(51-48(32)47(31)50-42)37-26-27-40(36-17-5-4-14-33(36)37)49-46-39-19-9-7-16-35(39)34-15-6-8-18-38(34)45(46)41-20-10-11-21-43(41)52-49/h1-29,32,48H. The van der Waals surface area contributed by atoms with Crippen LogP contribution in [0.5, 0.6) is 0 Å². The number of rotatable bonds is 3. The summed E-state index contributed by atoms with van der Waals surface area (Å²) in [5.74, 6) is 0.163. The van der Waals surface area contributed by atoms with Crippen molar-refractivity contribution in [3.8, 4) is 22.5 Å². The summed E-state index contributed by atoms with van der Waals surface area (Å²) in [5.41, 5.74) is 9.47. The third-order valence-corrected chi connectivity index (χ3v) is 11.0. The van der Waals surface area contributed by atoms with Crippen molar-refractivity contribution in [2.24, 2.45) is 10.9 Å². The molecule has 0 saturated carbocycles. The van der Waals surface area contributed by atoms with Crippen molar-refractivity contribution in [1.29, 1.82) is 0 Å². The Balaban J connectivity index is 1.13. The molecule has 2 aromatic heterocycles. The van der Waals surface area contributed by atoms with E-state index < -0.39 is 0 Å². The molecule has 9 aromatic rings. The van der Waals surface area contributed by atoms with Crippen molar-refractivity contribution in [3.63, 3.8) is 0 Å². The minimum atomic E-state index is -0.0900. The number of aromatic nitrogens is 2. The summed E-state index contributed by atoms with van der Waals surface area (Å²) in [7, 11) is 0. The van der Waals surface area contributed by atoms with Gasteiger partial charge in [-0.25, -0.2) is 9.97 Å². The Hall–Kier alpha value is -6.71. The van der Waals surface area contributed by atoms with E-state index in [1.54, 1.807) is 0 Å². The lowest BCUT2D eigenvalue weighted by atomic mass is 9.84. The van der Waals surface area contributed by atoms with Crippen molar-refractivity contribution in [1.82, 2.24) is 9.97 Å². The van der Waals surface area contributed by atoms with Crippen LogP contribution in [0.15, 0.2) is 175 Å². The average molecular weight is 662 g/mol. The van der Waals surface area contributed by atoms with E-state index in [1.807, 2.05) is 6.07 Å². The number of hydrogen-bond donors (Lipinski definition) is 0. The van der Waals surface area contributed by atoms with Crippen LogP contribution in [0.1, 0.15) is 22.9 Å². The van der Waals surface area contributed by atoms with Crippen molar-refractivity contribution >= 4 is 65.8 Å². The topological polar surface area (TPSA) is 38.1 Å². The predicted molar refractivity (Wildman–Crippen MR) is 218 cm³/mol. The highest BCUT2D eigenvalue weighted by atomic mass is 14.9. The molecule has 3 heterocycles. The average Bonchev–Trinajstić information content (AvgIpc) is 3.22. The fourth-order valence-corrected chi connectivity index (χ4v) is 8.56. The van der Waals surface area contributed by atoms with Crippen LogP contribution < -0.4 is 0 Å². The van der Waals surface area contributed by atoms with Crippen LogP contribution in [-0.4, -0.2) is 15.7 Å². The molecule has 2 aliphatic rings. The maximum atomic E-state index is 5.47. The first-order valence-corrected chi connectivity index (χ1v) is 18.0. The highest BCUT2D eigenvalue weighted by molar-refractivity contribution is 6.34. The van der Waals surface area contributed by atoms with Gasteiger partial charge in [0.05, 0.1) is 28.3 Å². The summed E-state index contributed by atoms with van der Waals surface area (Å²) in [5, 5.41) is 10.9. The van der Waals surface area contributed by atoms with Crippen molar-refractivity contribution in [2.45, 2.75) is 6.04 Å². The maximum absolute atomic E-state index is 5.47. The van der Waals surface area contributed by atoms with Gasteiger partial charge in [0.15, 0.2) is 0 Å². The summed E-state index contributed by atoms with van der Waals surface area (Å²) in [6.07, 6.45) is 8.95. The summed E-state index contributed by atoms with van der Waals surface area (Å²) in [6.45, 7) is 0. The van der Waals surface area contributed by atoms with E-state index in [9.17, 15) is 0 Å². The molecular weight excluding hydrogens is 631 g/mol. The SMILES string of the molecule is C1=CC2C=Cc3ccc(-c4ccccc4)nc3C2N=C1c1ccc(-c2nc3ccccc3c3c4ccccc4c4ccccc4c23)c2ccccc12. The molecule has 0 saturated heterocycles. The Kier molecular flexibility index (Phi) is 6.38. The van der Waals surface area contributed by atoms with Crippen LogP contribution >= 0.6 is 0 Å². The number of hydrogen-bond acceptors (Lipinski definition) is 3. The molecule has 52 heavy (non-hydrogen) atoms. The lowest BCUT2D eigenvalue weighted by molar-refractivity contribution is 0.592. The molecule has 1 aliphatic heterocycles. The Morgan fingerprint density at radius 2 is 1.02 bits per heavy atom. The van der Waals surface area contributed by atoms with Gasteiger partial charge in [0.2, 0.25) is 0 Å².